The standard InChI is InChI=1S/C7H9IO2/c1-5-2-6(9)4-7(8,10)3-5/h2,4,9-10H,3H2,1H3/t7-/m0/s1. The van der Waals surface area contributed by atoms with Crippen LogP contribution >= 0.6 is 22.6 Å². The normalized spacial score (nSPS) is 33.1. The first kappa shape index (κ1) is 8.07. The molecule has 0 aromatic heterocycles. The molecule has 0 unspecified atom stereocenters. The third-order valence-electron chi connectivity index (χ3n) is 1.29. The van der Waals surface area contributed by atoms with Gasteiger partial charge in [-0.15, -0.1) is 0 Å². The number of aliphatic hydroxyl groups is 2. The van der Waals surface area contributed by atoms with Crippen LogP contribution < -0.4 is 0 Å². The summed E-state index contributed by atoms with van der Waals surface area (Å²) in [5.74, 6) is 0.153. The smallest absolute Gasteiger partial charge is 0.141 e. The summed E-state index contributed by atoms with van der Waals surface area (Å²) in [7, 11) is 0. The van der Waals surface area contributed by atoms with E-state index in [9.17, 15) is 5.11 Å². The fraction of sp³-hybridized carbons (Fsp3) is 0.429. The molecule has 1 rings (SSSR count). The first-order valence-electron chi connectivity index (χ1n) is 3.00. The van der Waals surface area contributed by atoms with Crippen molar-refractivity contribution in [2.75, 3.05) is 0 Å². The van der Waals surface area contributed by atoms with Gasteiger partial charge in [-0.1, -0.05) is 5.57 Å². The minimum atomic E-state index is -0.888. The number of aliphatic hydroxyl groups excluding tert-OH is 1. The van der Waals surface area contributed by atoms with Crippen molar-refractivity contribution in [1.29, 1.82) is 0 Å². The van der Waals surface area contributed by atoms with Gasteiger partial charge in [-0.2, -0.15) is 0 Å². The van der Waals surface area contributed by atoms with E-state index < -0.39 is 3.61 Å². The molecular formula is C7H9IO2. The van der Waals surface area contributed by atoms with Gasteiger partial charge < -0.3 is 10.2 Å². The van der Waals surface area contributed by atoms with Crippen LogP contribution in [0.3, 0.4) is 0 Å². The van der Waals surface area contributed by atoms with Crippen molar-refractivity contribution in [2.45, 2.75) is 17.0 Å². The fourth-order valence-corrected chi connectivity index (χ4v) is 1.93. The Bertz CT molecular complexity index is 204. The molecule has 0 aliphatic heterocycles. The van der Waals surface area contributed by atoms with Gasteiger partial charge in [-0.25, -0.2) is 0 Å². The van der Waals surface area contributed by atoms with Gasteiger partial charge in [0.2, 0.25) is 0 Å². The lowest BCUT2D eigenvalue weighted by Gasteiger charge is -2.20. The molecule has 0 heterocycles. The quantitative estimate of drug-likeness (QED) is 0.510. The van der Waals surface area contributed by atoms with Crippen LogP contribution in [0.1, 0.15) is 13.3 Å². The van der Waals surface area contributed by atoms with Crippen LogP contribution in [0.2, 0.25) is 0 Å². The minimum Gasteiger partial charge on any atom is -0.508 e. The summed E-state index contributed by atoms with van der Waals surface area (Å²) in [6, 6.07) is 0. The monoisotopic (exact) mass is 252 g/mol. The van der Waals surface area contributed by atoms with Crippen molar-refractivity contribution < 1.29 is 10.2 Å². The van der Waals surface area contributed by atoms with Crippen molar-refractivity contribution in [3.63, 3.8) is 0 Å². The molecule has 1 atom stereocenters. The number of hydrogen-bond donors (Lipinski definition) is 2. The van der Waals surface area contributed by atoms with Crippen molar-refractivity contribution in [1.82, 2.24) is 0 Å². The summed E-state index contributed by atoms with van der Waals surface area (Å²) in [6.07, 6.45) is 3.70. The first-order valence-corrected chi connectivity index (χ1v) is 4.08. The molecule has 1 aliphatic rings. The molecule has 3 heteroatoms. The molecule has 0 radical (unpaired) electrons. The highest BCUT2D eigenvalue weighted by molar-refractivity contribution is 14.1. The van der Waals surface area contributed by atoms with E-state index in [2.05, 4.69) is 0 Å². The van der Waals surface area contributed by atoms with E-state index in [0.29, 0.717) is 6.42 Å². The molecule has 0 fully saturated rings. The summed E-state index contributed by atoms with van der Waals surface area (Å²) in [5, 5.41) is 18.5. The van der Waals surface area contributed by atoms with Crippen LogP contribution in [0, 0.1) is 0 Å². The van der Waals surface area contributed by atoms with Gasteiger partial charge in [-0.3, -0.25) is 0 Å². The molecule has 0 aromatic rings. The molecule has 2 N–H and O–H groups in total. The molecule has 0 amide bonds. The number of alkyl halides is 1. The van der Waals surface area contributed by atoms with E-state index in [0.717, 1.165) is 5.57 Å². The Balaban J connectivity index is 2.88. The van der Waals surface area contributed by atoms with Crippen LogP contribution in [0.25, 0.3) is 0 Å². The van der Waals surface area contributed by atoms with E-state index in [1.807, 2.05) is 29.5 Å². The zero-order valence-corrected chi connectivity index (χ0v) is 7.79. The molecule has 0 bridgehead atoms. The molecule has 10 heavy (non-hydrogen) atoms. The summed E-state index contributed by atoms with van der Waals surface area (Å²) < 4.78 is -0.888. The van der Waals surface area contributed by atoms with Crippen LogP contribution in [-0.4, -0.2) is 13.8 Å². The van der Waals surface area contributed by atoms with E-state index >= 15 is 0 Å². The van der Waals surface area contributed by atoms with Crippen molar-refractivity contribution in [2.24, 2.45) is 0 Å². The van der Waals surface area contributed by atoms with Gasteiger partial charge in [0.25, 0.3) is 0 Å². The Morgan fingerprint density at radius 2 is 2.30 bits per heavy atom. The van der Waals surface area contributed by atoms with E-state index in [1.54, 1.807) is 6.08 Å². The van der Waals surface area contributed by atoms with E-state index in [4.69, 9.17) is 5.11 Å². The SMILES string of the molecule is CC1=CC(O)=C[C@](O)(I)C1. The summed E-state index contributed by atoms with van der Waals surface area (Å²) >= 11 is 1.90. The number of hydrogen-bond acceptors (Lipinski definition) is 2. The Morgan fingerprint density at radius 3 is 2.70 bits per heavy atom. The van der Waals surface area contributed by atoms with E-state index in [1.165, 1.54) is 6.08 Å². The van der Waals surface area contributed by atoms with Crippen molar-refractivity contribution in [3.05, 3.63) is 23.5 Å². The summed E-state index contributed by atoms with van der Waals surface area (Å²) in [5.41, 5.74) is 0.997. The topological polar surface area (TPSA) is 40.5 Å². The lowest BCUT2D eigenvalue weighted by Crippen LogP contribution is -2.19. The first-order chi connectivity index (χ1) is 4.49. The Hall–Kier alpha value is -0.0300. The lowest BCUT2D eigenvalue weighted by molar-refractivity contribution is 0.197. The molecule has 0 aromatic carbocycles. The van der Waals surface area contributed by atoms with Gasteiger partial charge in [0.15, 0.2) is 0 Å². The van der Waals surface area contributed by atoms with Gasteiger partial charge in [-0.05, 0) is 41.7 Å². The maximum absolute atomic E-state index is 9.42. The largest absolute Gasteiger partial charge is 0.508 e. The average molecular weight is 252 g/mol. The number of allylic oxidation sites excluding steroid dienone is 1. The lowest BCUT2D eigenvalue weighted by atomic mass is 10.0. The number of halogens is 1. The second-order valence-corrected chi connectivity index (χ2v) is 4.42. The van der Waals surface area contributed by atoms with Crippen LogP contribution in [0.4, 0.5) is 0 Å². The maximum atomic E-state index is 9.42. The molecule has 2 nitrogen and oxygen atoms in total. The Kier molecular flexibility index (Phi) is 2.05. The highest BCUT2D eigenvalue weighted by atomic mass is 127. The van der Waals surface area contributed by atoms with Gasteiger partial charge in [0.1, 0.15) is 9.37 Å². The molecule has 56 valence electrons. The number of rotatable bonds is 0. The maximum Gasteiger partial charge on any atom is 0.141 e. The molecular weight excluding hydrogens is 243 g/mol. The summed E-state index contributed by atoms with van der Waals surface area (Å²) in [6.45, 7) is 1.88. The zero-order chi connectivity index (χ0) is 7.78. The summed E-state index contributed by atoms with van der Waals surface area (Å²) in [4.78, 5) is 0. The van der Waals surface area contributed by atoms with E-state index in [-0.39, 0.29) is 5.76 Å². The predicted molar refractivity (Wildman–Crippen MR) is 48.1 cm³/mol. The highest BCUT2D eigenvalue weighted by Gasteiger charge is 2.23. The average Bonchev–Trinajstić information content (AvgIpc) is 1.54. The molecule has 0 spiro atoms. The molecule has 0 saturated carbocycles. The van der Waals surface area contributed by atoms with Crippen molar-refractivity contribution in [3.8, 4) is 0 Å². The van der Waals surface area contributed by atoms with Crippen LogP contribution in [0.5, 0.6) is 0 Å². The minimum absolute atomic E-state index is 0.153. The fourth-order valence-electron chi connectivity index (χ4n) is 1.01. The van der Waals surface area contributed by atoms with Crippen molar-refractivity contribution >= 4 is 22.6 Å². The zero-order valence-electron chi connectivity index (χ0n) is 5.63. The second kappa shape index (κ2) is 2.54. The molecule has 1 aliphatic carbocycles. The third kappa shape index (κ3) is 1.98. The van der Waals surface area contributed by atoms with Gasteiger partial charge in [0, 0.05) is 6.42 Å². The van der Waals surface area contributed by atoms with Gasteiger partial charge in [0.05, 0.1) is 0 Å². The molecule has 0 saturated heterocycles. The Morgan fingerprint density at radius 1 is 1.70 bits per heavy atom. The predicted octanol–water partition coefficient (Wildman–Crippen LogP) is 1.90. The second-order valence-electron chi connectivity index (χ2n) is 2.56. The highest BCUT2D eigenvalue weighted by Crippen LogP contribution is 2.30. The van der Waals surface area contributed by atoms with Crippen LogP contribution in [-0.2, 0) is 0 Å². The third-order valence-corrected chi connectivity index (χ3v) is 1.98. The van der Waals surface area contributed by atoms with Crippen LogP contribution in [0.15, 0.2) is 23.5 Å². The Labute approximate surface area is 73.4 Å². The van der Waals surface area contributed by atoms with Gasteiger partial charge >= 0.3 is 0 Å².